The molecule has 1 amide bonds. The zero-order valence-electron chi connectivity index (χ0n) is 10.9. The van der Waals surface area contributed by atoms with Crippen molar-refractivity contribution in [2.45, 2.75) is 33.6 Å². The van der Waals surface area contributed by atoms with Gasteiger partial charge in [0, 0.05) is 19.7 Å². The highest BCUT2D eigenvalue weighted by atomic mass is 16.5. The highest BCUT2D eigenvalue weighted by Gasteiger charge is 2.15. The molecule has 0 aromatic rings. The van der Waals surface area contributed by atoms with E-state index in [-0.39, 0.29) is 25.5 Å². The Hall–Kier alpha value is -1.10. The van der Waals surface area contributed by atoms with Gasteiger partial charge in [-0.25, -0.2) is 0 Å². The fourth-order valence-corrected chi connectivity index (χ4v) is 1.38. The highest BCUT2D eigenvalue weighted by Crippen LogP contribution is 2.01. The summed E-state index contributed by atoms with van der Waals surface area (Å²) in [7, 11) is 0. The second kappa shape index (κ2) is 8.98. The topological polar surface area (TPSA) is 66.8 Å². The molecule has 1 N–H and O–H groups in total. The van der Waals surface area contributed by atoms with E-state index in [1.807, 2.05) is 20.8 Å². The van der Waals surface area contributed by atoms with Crippen LogP contribution in [0.3, 0.4) is 0 Å². The first-order valence-corrected chi connectivity index (χ1v) is 6.04. The first-order chi connectivity index (χ1) is 7.97. The number of hydrogen-bond acceptors (Lipinski definition) is 3. The van der Waals surface area contributed by atoms with E-state index in [1.54, 1.807) is 4.90 Å². The lowest BCUT2D eigenvalue weighted by molar-refractivity contribution is -0.140. The van der Waals surface area contributed by atoms with Crippen molar-refractivity contribution in [2.24, 2.45) is 5.92 Å². The molecule has 0 spiro atoms. The molecule has 17 heavy (non-hydrogen) atoms. The minimum Gasteiger partial charge on any atom is -0.481 e. The van der Waals surface area contributed by atoms with Crippen LogP contribution in [0.15, 0.2) is 0 Å². The van der Waals surface area contributed by atoms with Crippen molar-refractivity contribution >= 4 is 11.9 Å². The zero-order chi connectivity index (χ0) is 13.3. The molecule has 0 aliphatic heterocycles. The second-order valence-corrected chi connectivity index (χ2v) is 4.43. The Labute approximate surface area is 103 Å². The smallest absolute Gasteiger partial charge is 0.305 e. The molecule has 0 saturated carbocycles. The summed E-state index contributed by atoms with van der Waals surface area (Å²) in [5.74, 6) is -0.701. The van der Waals surface area contributed by atoms with Crippen molar-refractivity contribution in [1.29, 1.82) is 0 Å². The third kappa shape index (κ3) is 8.68. The minimum atomic E-state index is -0.888. The summed E-state index contributed by atoms with van der Waals surface area (Å²) in [6.07, 6.45) is 0.846. The number of aliphatic carboxylic acids is 1. The maximum Gasteiger partial charge on any atom is 0.305 e. The number of carbonyl (C=O) groups is 2. The highest BCUT2D eigenvalue weighted by molar-refractivity contribution is 5.78. The van der Waals surface area contributed by atoms with Gasteiger partial charge in [-0.15, -0.1) is 0 Å². The monoisotopic (exact) mass is 245 g/mol. The molecule has 100 valence electrons. The van der Waals surface area contributed by atoms with Crippen LogP contribution in [0.25, 0.3) is 0 Å². The van der Waals surface area contributed by atoms with Gasteiger partial charge < -0.3 is 14.7 Å². The first-order valence-electron chi connectivity index (χ1n) is 6.04. The average molecular weight is 245 g/mol. The lowest BCUT2D eigenvalue weighted by Crippen LogP contribution is -2.38. The third-order valence-corrected chi connectivity index (χ3v) is 2.11. The number of carboxylic acids is 1. The van der Waals surface area contributed by atoms with Gasteiger partial charge in [-0.1, -0.05) is 20.8 Å². The van der Waals surface area contributed by atoms with E-state index in [0.29, 0.717) is 19.1 Å². The molecule has 0 atom stereocenters. The fraction of sp³-hybridized carbons (Fsp3) is 0.833. The van der Waals surface area contributed by atoms with Gasteiger partial charge in [0.1, 0.15) is 6.61 Å². The molecule has 0 aromatic heterocycles. The largest absolute Gasteiger partial charge is 0.481 e. The van der Waals surface area contributed by atoms with Crippen molar-refractivity contribution in [2.75, 3.05) is 26.3 Å². The molecular formula is C12H23NO4. The Balaban J connectivity index is 4.14. The fourth-order valence-electron chi connectivity index (χ4n) is 1.38. The minimum absolute atomic E-state index is 0.0216. The van der Waals surface area contributed by atoms with Crippen LogP contribution in [0, 0.1) is 5.92 Å². The molecule has 5 nitrogen and oxygen atoms in total. The number of amides is 1. The number of ether oxygens (including phenoxy) is 1. The van der Waals surface area contributed by atoms with E-state index >= 15 is 0 Å². The van der Waals surface area contributed by atoms with E-state index in [0.717, 1.165) is 6.42 Å². The van der Waals surface area contributed by atoms with Crippen molar-refractivity contribution < 1.29 is 19.4 Å². The molecular weight excluding hydrogens is 222 g/mol. The molecule has 0 bridgehead atoms. The van der Waals surface area contributed by atoms with Crippen molar-refractivity contribution in [3.05, 3.63) is 0 Å². The molecule has 0 heterocycles. The number of carboxylic acid groups (broad SMARTS) is 1. The van der Waals surface area contributed by atoms with E-state index < -0.39 is 5.97 Å². The van der Waals surface area contributed by atoms with Crippen LogP contribution in [0.2, 0.25) is 0 Å². The Morgan fingerprint density at radius 1 is 1.35 bits per heavy atom. The van der Waals surface area contributed by atoms with Crippen molar-refractivity contribution in [3.63, 3.8) is 0 Å². The predicted octanol–water partition coefficient (Wildman–Crippen LogP) is 1.37. The van der Waals surface area contributed by atoms with E-state index in [1.165, 1.54) is 0 Å². The van der Waals surface area contributed by atoms with Gasteiger partial charge in [0.25, 0.3) is 0 Å². The first kappa shape index (κ1) is 15.9. The standard InChI is InChI=1S/C12H23NO4/c1-4-7-17-9-11(14)13(8-10(2)3)6-5-12(15)16/h10H,4-9H2,1-3H3,(H,15,16). The maximum atomic E-state index is 11.8. The Morgan fingerprint density at radius 3 is 2.47 bits per heavy atom. The summed E-state index contributed by atoms with van der Waals surface area (Å²) in [4.78, 5) is 23.8. The van der Waals surface area contributed by atoms with Gasteiger partial charge in [0.2, 0.25) is 5.91 Å². The molecule has 0 aliphatic rings. The summed E-state index contributed by atoms with van der Waals surface area (Å²) in [6, 6.07) is 0. The maximum absolute atomic E-state index is 11.8. The predicted molar refractivity (Wildman–Crippen MR) is 64.8 cm³/mol. The Bertz CT molecular complexity index is 241. The van der Waals surface area contributed by atoms with Gasteiger partial charge in [-0.05, 0) is 12.3 Å². The lowest BCUT2D eigenvalue weighted by Gasteiger charge is -2.23. The summed E-state index contributed by atoms with van der Waals surface area (Å²) in [6.45, 7) is 7.38. The molecule has 0 saturated heterocycles. The normalized spacial score (nSPS) is 10.6. The van der Waals surface area contributed by atoms with Gasteiger partial charge in [-0.2, -0.15) is 0 Å². The summed E-state index contributed by atoms with van der Waals surface area (Å²) < 4.78 is 5.18. The lowest BCUT2D eigenvalue weighted by atomic mass is 10.2. The number of nitrogens with zero attached hydrogens (tertiary/aromatic N) is 1. The second-order valence-electron chi connectivity index (χ2n) is 4.43. The van der Waals surface area contributed by atoms with Gasteiger partial charge in [0.05, 0.1) is 6.42 Å². The summed E-state index contributed by atoms with van der Waals surface area (Å²) in [5, 5.41) is 8.62. The average Bonchev–Trinajstić information content (AvgIpc) is 2.23. The van der Waals surface area contributed by atoms with Crippen LogP contribution < -0.4 is 0 Å². The number of rotatable bonds is 9. The van der Waals surface area contributed by atoms with Crippen LogP contribution in [0.1, 0.15) is 33.6 Å². The molecule has 0 radical (unpaired) electrons. The van der Waals surface area contributed by atoms with Crippen LogP contribution in [-0.4, -0.2) is 48.2 Å². The van der Waals surface area contributed by atoms with Crippen LogP contribution in [-0.2, 0) is 14.3 Å². The third-order valence-electron chi connectivity index (χ3n) is 2.11. The van der Waals surface area contributed by atoms with E-state index in [4.69, 9.17) is 9.84 Å². The van der Waals surface area contributed by atoms with Gasteiger partial charge in [-0.3, -0.25) is 9.59 Å². The van der Waals surface area contributed by atoms with E-state index in [2.05, 4.69) is 0 Å². The van der Waals surface area contributed by atoms with Crippen molar-refractivity contribution in [1.82, 2.24) is 4.90 Å². The molecule has 0 aliphatic carbocycles. The molecule has 0 fully saturated rings. The van der Waals surface area contributed by atoms with Crippen LogP contribution >= 0.6 is 0 Å². The van der Waals surface area contributed by atoms with Gasteiger partial charge >= 0.3 is 5.97 Å². The van der Waals surface area contributed by atoms with Crippen LogP contribution in [0.4, 0.5) is 0 Å². The number of hydrogen-bond donors (Lipinski definition) is 1. The summed E-state index contributed by atoms with van der Waals surface area (Å²) in [5.41, 5.74) is 0. The molecule has 0 unspecified atom stereocenters. The van der Waals surface area contributed by atoms with Crippen LogP contribution in [0.5, 0.6) is 0 Å². The van der Waals surface area contributed by atoms with Crippen molar-refractivity contribution in [3.8, 4) is 0 Å². The Morgan fingerprint density at radius 2 is 2.00 bits per heavy atom. The summed E-state index contributed by atoms with van der Waals surface area (Å²) >= 11 is 0. The zero-order valence-corrected chi connectivity index (χ0v) is 10.9. The molecule has 5 heteroatoms. The molecule has 0 rings (SSSR count). The molecule has 0 aromatic carbocycles. The SMILES string of the molecule is CCCOCC(=O)N(CCC(=O)O)CC(C)C. The quantitative estimate of drug-likeness (QED) is 0.623. The number of carbonyl (C=O) groups excluding carboxylic acids is 1. The van der Waals surface area contributed by atoms with Gasteiger partial charge in [0.15, 0.2) is 0 Å². The Kier molecular flexibility index (Phi) is 8.40. The van der Waals surface area contributed by atoms with E-state index in [9.17, 15) is 9.59 Å².